The van der Waals surface area contributed by atoms with Gasteiger partial charge in [-0.15, -0.1) is 0 Å². The minimum absolute atomic E-state index is 0.480. The van der Waals surface area contributed by atoms with Crippen molar-refractivity contribution in [3.8, 4) is 11.3 Å². The fourth-order valence-electron chi connectivity index (χ4n) is 4.96. The molecule has 1 saturated carbocycles. The molecule has 3 heterocycles. The van der Waals surface area contributed by atoms with Gasteiger partial charge in [0.1, 0.15) is 12.4 Å². The average molecular weight is 454 g/mol. The summed E-state index contributed by atoms with van der Waals surface area (Å²) in [5, 5.41) is 20.4. The lowest BCUT2D eigenvalue weighted by atomic mass is 9.76. The van der Waals surface area contributed by atoms with Gasteiger partial charge in [-0.05, 0) is 66.3 Å². The van der Waals surface area contributed by atoms with E-state index < -0.39 is 6.10 Å². The quantitative estimate of drug-likeness (QED) is 0.483. The number of rotatable bonds is 5. The van der Waals surface area contributed by atoms with E-state index in [0.29, 0.717) is 11.6 Å². The van der Waals surface area contributed by atoms with Gasteiger partial charge in [-0.25, -0.2) is 9.97 Å². The van der Waals surface area contributed by atoms with Crippen LogP contribution in [-0.2, 0) is 4.74 Å². The van der Waals surface area contributed by atoms with Crippen LogP contribution in [0.5, 0.6) is 0 Å². The van der Waals surface area contributed by atoms with Crippen molar-refractivity contribution in [3.05, 3.63) is 77.9 Å². The number of hydrogen-bond acceptors (Lipinski definition) is 7. The molecular weight excluding hydrogens is 426 g/mol. The first-order valence-corrected chi connectivity index (χ1v) is 12.0. The standard InChI is InChI=1S/C27H27N5O2/c33-27(24-5-2-10-30-31-24)23-15-19(6-8-21(23)18-3-1-4-18)26-22-9-7-20(16-25(22)28-17-29-26)32-11-13-34-14-12-32/h2,5-10,15-18,27,33H,1,3-4,11-14H2. The van der Waals surface area contributed by atoms with E-state index in [1.165, 1.54) is 12.0 Å². The summed E-state index contributed by atoms with van der Waals surface area (Å²) in [5.74, 6) is 0.480. The molecule has 1 aliphatic carbocycles. The van der Waals surface area contributed by atoms with Crippen LogP contribution in [0.4, 0.5) is 5.69 Å². The van der Waals surface area contributed by atoms with Crippen LogP contribution >= 0.6 is 0 Å². The Morgan fingerprint density at radius 1 is 1.00 bits per heavy atom. The van der Waals surface area contributed by atoms with Gasteiger partial charge < -0.3 is 14.7 Å². The van der Waals surface area contributed by atoms with Crippen molar-refractivity contribution in [2.24, 2.45) is 0 Å². The molecule has 0 bridgehead atoms. The molecule has 7 nitrogen and oxygen atoms in total. The third-order valence-electron chi connectivity index (χ3n) is 7.07. The van der Waals surface area contributed by atoms with Crippen molar-refractivity contribution in [1.29, 1.82) is 0 Å². The third-order valence-corrected chi connectivity index (χ3v) is 7.07. The summed E-state index contributed by atoms with van der Waals surface area (Å²) in [4.78, 5) is 11.5. The van der Waals surface area contributed by atoms with Gasteiger partial charge in [-0.3, -0.25) is 0 Å². The minimum atomic E-state index is -0.828. The van der Waals surface area contributed by atoms with Crippen LogP contribution in [0.15, 0.2) is 61.1 Å². The van der Waals surface area contributed by atoms with E-state index in [1.807, 2.05) is 12.1 Å². The van der Waals surface area contributed by atoms with Crippen molar-refractivity contribution < 1.29 is 9.84 Å². The normalized spacial score (nSPS) is 17.5. The monoisotopic (exact) mass is 453 g/mol. The van der Waals surface area contributed by atoms with E-state index in [1.54, 1.807) is 12.5 Å². The average Bonchev–Trinajstić information content (AvgIpc) is 2.88. The molecule has 7 heteroatoms. The lowest BCUT2D eigenvalue weighted by Gasteiger charge is -2.29. The molecule has 2 aliphatic rings. The Bertz CT molecular complexity index is 1300. The Balaban J connectivity index is 1.42. The largest absolute Gasteiger partial charge is 0.382 e. The maximum Gasteiger partial charge on any atom is 0.123 e. The predicted octanol–water partition coefficient (Wildman–Crippen LogP) is 4.27. The molecule has 1 N–H and O–H groups in total. The molecule has 1 saturated heterocycles. The Morgan fingerprint density at radius 2 is 1.88 bits per heavy atom. The first-order valence-electron chi connectivity index (χ1n) is 12.0. The van der Waals surface area contributed by atoms with Crippen LogP contribution in [0.3, 0.4) is 0 Å². The number of aromatic nitrogens is 4. The molecule has 0 spiro atoms. The van der Waals surface area contributed by atoms with Crippen LogP contribution in [0, 0.1) is 0 Å². The second kappa shape index (κ2) is 9.08. The Labute approximate surface area is 198 Å². The summed E-state index contributed by atoms with van der Waals surface area (Å²) >= 11 is 0. The van der Waals surface area contributed by atoms with Crippen LogP contribution in [0.1, 0.15) is 48.1 Å². The van der Waals surface area contributed by atoms with Crippen molar-refractivity contribution in [2.45, 2.75) is 31.3 Å². The number of aliphatic hydroxyl groups excluding tert-OH is 1. The molecule has 1 unspecified atom stereocenters. The van der Waals surface area contributed by atoms with Crippen molar-refractivity contribution in [2.75, 3.05) is 31.2 Å². The maximum atomic E-state index is 11.3. The number of ether oxygens (including phenoxy) is 1. The van der Waals surface area contributed by atoms with Gasteiger partial charge in [0.25, 0.3) is 0 Å². The van der Waals surface area contributed by atoms with E-state index in [4.69, 9.17) is 4.74 Å². The summed E-state index contributed by atoms with van der Waals surface area (Å²) in [6, 6.07) is 16.4. The molecular formula is C27H27N5O2. The summed E-state index contributed by atoms with van der Waals surface area (Å²) in [5.41, 5.74) is 6.54. The van der Waals surface area contributed by atoms with Gasteiger partial charge in [-0.2, -0.15) is 10.2 Å². The summed E-state index contributed by atoms with van der Waals surface area (Å²) in [7, 11) is 0. The van der Waals surface area contributed by atoms with Crippen molar-refractivity contribution in [3.63, 3.8) is 0 Å². The van der Waals surface area contributed by atoms with Gasteiger partial charge in [-0.1, -0.05) is 18.6 Å². The topological polar surface area (TPSA) is 84.3 Å². The number of fused-ring (bicyclic) bond motifs is 1. The highest BCUT2D eigenvalue weighted by Crippen LogP contribution is 2.42. The first-order chi connectivity index (χ1) is 16.8. The third kappa shape index (κ3) is 3.91. The maximum absolute atomic E-state index is 11.3. The number of morpholine rings is 1. The summed E-state index contributed by atoms with van der Waals surface area (Å²) in [6.45, 7) is 3.26. The van der Waals surface area contributed by atoms with Crippen LogP contribution in [0.2, 0.25) is 0 Å². The molecule has 2 aromatic carbocycles. The second-order valence-electron chi connectivity index (χ2n) is 9.05. The smallest absolute Gasteiger partial charge is 0.123 e. The van der Waals surface area contributed by atoms with Crippen LogP contribution < -0.4 is 4.90 Å². The van der Waals surface area contributed by atoms with E-state index in [2.05, 4.69) is 61.5 Å². The number of nitrogens with zero attached hydrogens (tertiary/aromatic N) is 5. The highest BCUT2D eigenvalue weighted by Gasteiger charge is 2.26. The van der Waals surface area contributed by atoms with Gasteiger partial charge in [0.2, 0.25) is 0 Å². The molecule has 0 amide bonds. The number of anilines is 1. The number of aliphatic hydroxyl groups is 1. The molecule has 1 atom stereocenters. The molecule has 6 rings (SSSR count). The highest BCUT2D eigenvalue weighted by atomic mass is 16.5. The Hall–Kier alpha value is -3.42. The summed E-state index contributed by atoms with van der Waals surface area (Å²) < 4.78 is 5.49. The Morgan fingerprint density at radius 3 is 2.65 bits per heavy atom. The molecule has 172 valence electrons. The second-order valence-corrected chi connectivity index (χ2v) is 9.05. The van der Waals surface area contributed by atoms with Gasteiger partial charge in [0.05, 0.1) is 30.1 Å². The Kier molecular flexibility index (Phi) is 5.65. The van der Waals surface area contributed by atoms with Crippen molar-refractivity contribution >= 4 is 16.6 Å². The van der Waals surface area contributed by atoms with E-state index in [0.717, 1.165) is 72.6 Å². The van der Waals surface area contributed by atoms with Gasteiger partial charge in [0, 0.05) is 35.9 Å². The van der Waals surface area contributed by atoms with Crippen LogP contribution in [0.25, 0.3) is 22.2 Å². The van der Waals surface area contributed by atoms with Gasteiger partial charge in [0.15, 0.2) is 0 Å². The molecule has 4 aromatic rings. The molecule has 0 radical (unpaired) electrons. The first kappa shape index (κ1) is 21.1. The zero-order valence-corrected chi connectivity index (χ0v) is 19.0. The predicted molar refractivity (Wildman–Crippen MR) is 131 cm³/mol. The lowest BCUT2D eigenvalue weighted by Crippen LogP contribution is -2.36. The van der Waals surface area contributed by atoms with E-state index in [-0.39, 0.29) is 0 Å². The molecule has 2 fully saturated rings. The fraction of sp³-hybridized carbons (Fsp3) is 0.333. The molecule has 1 aliphatic heterocycles. The van der Waals surface area contributed by atoms with Gasteiger partial charge >= 0.3 is 0 Å². The molecule has 34 heavy (non-hydrogen) atoms. The van der Waals surface area contributed by atoms with E-state index in [9.17, 15) is 5.11 Å². The van der Waals surface area contributed by atoms with Crippen LogP contribution in [-0.4, -0.2) is 51.6 Å². The zero-order valence-electron chi connectivity index (χ0n) is 19.0. The minimum Gasteiger partial charge on any atom is -0.382 e. The highest BCUT2D eigenvalue weighted by molar-refractivity contribution is 5.94. The molecule has 2 aromatic heterocycles. The van der Waals surface area contributed by atoms with Crippen molar-refractivity contribution in [1.82, 2.24) is 20.2 Å². The SMILES string of the molecule is OC(c1cccnn1)c1cc(-c2ncnc3cc(N4CCOCC4)ccc23)ccc1C1CCC1. The lowest BCUT2D eigenvalue weighted by molar-refractivity contribution is 0.122. The zero-order chi connectivity index (χ0) is 22.9. The van der Waals surface area contributed by atoms with E-state index >= 15 is 0 Å². The fourth-order valence-corrected chi connectivity index (χ4v) is 4.96. The summed E-state index contributed by atoms with van der Waals surface area (Å²) in [6.07, 6.45) is 5.96. The number of benzene rings is 2. The number of hydrogen-bond donors (Lipinski definition) is 1.